The number of pyridine rings is 1. The number of hydrogen-bond acceptors (Lipinski definition) is 6. The van der Waals surface area contributed by atoms with E-state index in [0.717, 1.165) is 10.0 Å². The topological polar surface area (TPSA) is 81.9 Å². The van der Waals surface area contributed by atoms with E-state index in [2.05, 4.69) is 34.8 Å². The molecule has 4 aromatic rings. The Morgan fingerprint density at radius 2 is 1.89 bits per heavy atom. The fourth-order valence-electron chi connectivity index (χ4n) is 4.38. The summed E-state index contributed by atoms with van der Waals surface area (Å²) in [4.78, 5) is 33.5. The van der Waals surface area contributed by atoms with Crippen molar-refractivity contribution in [2.45, 2.75) is 26.8 Å². The van der Waals surface area contributed by atoms with Gasteiger partial charge in [0, 0.05) is 10.7 Å². The van der Waals surface area contributed by atoms with Crippen LogP contribution in [0.2, 0.25) is 0 Å². The van der Waals surface area contributed by atoms with E-state index in [1.807, 2.05) is 25.1 Å². The average Bonchev–Trinajstić information content (AvgIpc) is 3.15. The van der Waals surface area contributed by atoms with Crippen molar-refractivity contribution in [2.24, 2.45) is 5.92 Å². The van der Waals surface area contributed by atoms with Gasteiger partial charge in [0.2, 0.25) is 5.76 Å². The van der Waals surface area contributed by atoms with E-state index in [9.17, 15) is 9.59 Å². The van der Waals surface area contributed by atoms with Crippen LogP contribution in [-0.4, -0.2) is 24.6 Å². The number of halogens is 1. The van der Waals surface area contributed by atoms with Crippen molar-refractivity contribution in [1.82, 2.24) is 4.98 Å². The second-order valence-electron chi connectivity index (χ2n) is 9.20. The van der Waals surface area contributed by atoms with Crippen LogP contribution in [0.5, 0.6) is 11.5 Å². The monoisotopic (exact) mass is 548 g/mol. The number of ether oxygens (including phenoxy) is 2. The number of carbonyl (C=O) groups excluding carboxylic acids is 1. The molecule has 8 heteroatoms. The second kappa shape index (κ2) is 9.43. The maximum absolute atomic E-state index is 13.8. The highest BCUT2D eigenvalue weighted by Gasteiger charge is 2.44. The SMILES string of the molecule is COc1cc(C2c3c(oc4ccc(Br)cc4c3=O)C(=O)N2c2cc(C)ccn2)ccc1OCC(C)C. The van der Waals surface area contributed by atoms with Gasteiger partial charge in [0.05, 0.1) is 30.7 Å². The maximum Gasteiger partial charge on any atom is 0.296 e. The number of nitrogens with zero attached hydrogens (tertiary/aromatic N) is 2. The Hall–Kier alpha value is -3.65. The molecule has 7 nitrogen and oxygen atoms in total. The molecule has 0 saturated carbocycles. The number of methoxy groups -OCH3 is 1. The number of rotatable bonds is 6. The fourth-order valence-corrected chi connectivity index (χ4v) is 4.74. The number of aromatic nitrogens is 1. The first kappa shape index (κ1) is 24.1. The molecule has 184 valence electrons. The van der Waals surface area contributed by atoms with Gasteiger partial charge in [-0.25, -0.2) is 4.98 Å². The van der Waals surface area contributed by atoms with Gasteiger partial charge in [-0.15, -0.1) is 0 Å². The van der Waals surface area contributed by atoms with E-state index >= 15 is 0 Å². The number of anilines is 1. The van der Waals surface area contributed by atoms with Crippen LogP contribution in [0.1, 0.15) is 47.1 Å². The van der Waals surface area contributed by atoms with Crippen molar-refractivity contribution < 1.29 is 18.7 Å². The highest BCUT2D eigenvalue weighted by Crippen LogP contribution is 2.43. The third-order valence-electron chi connectivity index (χ3n) is 6.06. The Bertz CT molecular complexity index is 1550. The maximum atomic E-state index is 13.8. The zero-order chi connectivity index (χ0) is 25.6. The van der Waals surface area contributed by atoms with Gasteiger partial charge in [0.15, 0.2) is 16.9 Å². The van der Waals surface area contributed by atoms with Crippen LogP contribution >= 0.6 is 15.9 Å². The Balaban J connectivity index is 1.74. The minimum Gasteiger partial charge on any atom is -0.493 e. The highest BCUT2D eigenvalue weighted by atomic mass is 79.9. The van der Waals surface area contributed by atoms with Gasteiger partial charge >= 0.3 is 0 Å². The fraction of sp³-hybridized carbons (Fsp3) is 0.250. The van der Waals surface area contributed by atoms with Crippen LogP contribution in [0.4, 0.5) is 5.82 Å². The molecule has 1 unspecified atom stereocenters. The van der Waals surface area contributed by atoms with Gasteiger partial charge in [-0.1, -0.05) is 35.8 Å². The summed E-state index contributed by atoms with van der Waals surface area (Å²) < 4.78 is 18.3. The molecule has 1 atom stereocenters. The first-order valence-electron chi connectivity index (χ1n) is 11.6. The van der Waals surface area contributed by atoms with E-state index in [0.29, 0.717) is 46.4 Å². The predicted molar refractivity (Wildman–Crippen MR) is 141 cm³/mol. The standard InChI is InChI=1S/C28H25BrN2O5/c1-15(2)14-35-21-7-5-17(12-22(21)34-4)25-24-26(32)19-13-18(29)6-8-20(19)36-27(24)28(33)31(25)23-11-16(3)9-10-30-23/h5-13,15,25H,14H2,1-4H3. The summed E-state index contributed by atoms with van der Waals surface area (Å²) in [5.74, 6) is 1.47. The lowest BCUT2D eigenvalue weighted by atomic mass is 9.98. The molecule has 3 heterocycles. The van der Waals surface area contributed by atoms with E-state index in [1.165, 1.54) is 4.90 Å². The van der Waals surface area contributed by atoms with Gasteiger partial charge in [-0.05, 0) is 66.4 Å². The van der Waals surface area contributed by atoms with Gasteiger partial charge in [-0.3, -0.25) is 14.5 Å². The summed E-state index contributed by atoms with van der Waals surface area (Å²) in [5, 5.41) is 0.392. The normalized spacial score (nSPS) is 15.0. The molecule has 5 rings (SSSR count). The molecule has 2 aromatic carbocycles. The lowest BCUT2D eigenvalue weighted by molar-refractivity contribution is 0.0970. The summed E-state index contributed by atoms with van der Waals surface area (Å²) in [7, 11) is 1.56. The molecule has 1 amide bonds. The third-order valence-corrected chi connectivity index (χ3v) is 6.55. The second-order valence-corrected chi connectivity index (χ2v) is 10.1. The zero-order valence-corrected chi connectivity index (χ0v) is 22.0. The van der Waals surface area contributed by atoms with Crippen molar-refractivity contribution in [2.75, 3.05) is 18.6 Å². The molecule has 0 fully saturated rings. The summed E-state index contributed by atoms with van der Waals surface area (Å²) >= 11 is 3.43. The van der Waals surface area contributed by atoms with E-state index < -0.39 is 11.9 Å². The molecule has 1 aliphatic heterocycles. The molecule has 0 saturated heterocycles. The van der Waals surface area contributed by atoms with E-state index in [4.69, 9.17) is 13.9 Å². The molecular weight excluding hydrogens is 524 g/mol. The van der Waals surface area contributed by atoms with E-state index in [1.54, 1.807) is 43.6 Å². The highest BCUT2D eigenvalue weighted by molar-refractivity contribution is 9.10. The average molecular weight is 549 g/mol. The van der Waals surface area contributed by atoms with Crippen LogP contribution < -0.4 is 19.8 Å². The largest absolute Gasteiger partial charge is 0.493 e. The minimum atomic E-state index is -0.755. The Morgan fingerprint density at radius 3 is 2.61 bits per heavy atom. The van der Waals surface area contributed by atoms with Crippen molar-refractivity contribution >= 4 is 38.6 Å². The van der Waals surface area contributed by atoms with Gasteiger partial charge in [0.1, 0.15) is 11.4 Å². The third kappa shape index (κ3) is 4.15. The first-order valence-corrected chi connectivity index (χ1v) is 12.4. The van der Waals surface area contributed by atoms with E-state index in [-0.39, 0.29) is 16.8 Å². The van der Waals surface area contributed by atoms with Crippen LogP contribution in [0.3, 0.4) is 0 Å². The first-order chi connectivity index (χ1) is 17.3. The molecular formula is C28H25BrN2O5. The van der Waals surface area contributed by atoms with Crippen molar-refractivity contribution in [3.8, 4) is 11.5 Å². The summed E-state index contributed by atoms with van der Waals surface area (Å²) in [6.45, 7) is 6.59. The number of benzene rings is 2. The van der Waals surface area contributed by atoms with Crippen molar-refractivity contribution in [3.63, 3.8) is 0 Å². The smallest absolute Gasteiger partial charge is 0.296 e. The van der Waals surface area contributed by atoms with Crippen LogP contribution in [0.25, 0.3) is 11.0 Å². The molecule has 36 heavy (non-hydrogen) atoms. The minimum absolute atomic E-state index is 0.0160. The van der Waals surface area contributed by atoms with Crippen molar-refractivity contribution in [1.29, 1.82) is 0 Å². The summed E-state index contributed by atoms with van der Waals surface area (Å²) in [6, 6.07) is 13.5. The quantitative estimate of drug-likeness (QED) is 0.291. The van der Waals surface area contributed by atoms with Gasteiger partial charge in [-0.2, -0.15) is 0 Å². The number of aryl methyl sites for hydroxylation is 1. The predicted octanol–water partition coefficient (Wildman–Crippen LogP) is 6.05. The number of hydrogen-bond donors (Lipinski definition) is 0. The molecule has 0 bridgehead atoms. The Morgan fingerprint density at radius 1 is 1.08 bits per heavy atom. The lowest BCUT2D eigenvalue weighted by Crippen LogP contribution is -2.30. The van der Waals surface area contributed by atoms with Crippen LogP contribution in [-0.2, 0) is 0 Å². The Labute approximate surface area is 216 Å². The Kier molecular flexibility index (Phi) is 6.30. The molecule has 2 aromatic heterocycles. The molecule has 0 aliphatic carbocycles. The van der Waals surface area contributed by atoms with Crippen LogP contribution in [0.15, 0.2) is 68.4 Å². The van der Waals surface area contributed by atoms with Crippen LogP contribution in [0, 0.1) is 12.8 Å². The lowest BCUT2D eigenvalue weighted by Gasteiger charge is -2.25. The number of fused-ring (bicyclic) bond motifs is 2. The van der Waals surface area contributed by atoms with Gasteiger partial charge < -0.3 is 13.9 Å². The van der Waals surface area contributed by atoms with Crippen molar-refractivity contribution in [3.05, 3.63) is 91.9 Å². The zero-order valence-electron chi connectivity index (χ0n) is 20.4. The molecule has 0 N–H and O–H groups in total. The summed E-state index contributed by atoms with van der Waals surface area (Å²) in [5.41, 5.74) is 1.97. The number of carbonyl (C=O) groups is 1. The van der Waals surface area contributed by atoms with Gasteiger partial charge in [0.25, 0.3) is 5.91 Å². The number of amides is 1. The molecule has 1 aliphatic rings. The molecule has 0 spiro atoms. The molecule has 0 radical (unpaired) electrons. The summed E-state index contributed by atoms with van der Waals surface area (Å²) in [6.07, 6.45) is 1.64.